The quantitative estimate of drug-likeness (QED) is 0.246. The molecular weight excluding hydrogens is 566 g/mol. The maximum absolute atomic E-state index is 13.4. The van der Waals surface area contributed by atoms with Crippen LogP contribution in [0.25, 0.3) is 16.9 Å². The Labute approximate surface area is 233 Å². The lowest BCUT2D eigenvalue weighted by Gasteiger charge is -2.33. The zero-order valence-electron chi connectivity index (χ0n) is 23.2. The first-order valence-electron chi connectivity index (χ1n) is 12.5. The molecule has 0 unspecified atom stereocenters. The predicted molar refractivity (Wildman–Crippen MR) is 148 cm³/mol. The van der Waals surface area contributed by atoms with E-state index in [-0.39, 0.29) is 22.4 Å². The van der Waals surface area contributed by atoms with E-state index < -0.39 is 20.4 Å². The van der Waals surface area contributed by atoms with Crippen molar-refractivity contribution in [3.05, 3.63) is 40.1 Å². The fourth-order valence-electron chi connectivity index (χ4n) is 4.31. The summed E-state index contributed by atoms with van der Waals surface area (Å²) in [6.45, 7) is 11.3. The lowest BCUT2D eigenvalue weighted by atomic mass is 10.2. The molecule has 0 bridgehead atoms. The number of quaternary nitrogens is 1. The second kappa shape index (κ2) is 13.6. The van der Waals surface area contributed by atoms with Gasteiger partial charge in [-0.3, -0.25) is 9.35 Å². The molecular formula is C23H37N7O8S2. The molecule has 0 atom stereocenters. The number of nitrogens with zero attached hydrogens (tertiary/aromatic N) is 5. The smallest absolute Gasteiger partial charge is 0.277 e. The van der Waals surface area contributed by atoms with Gasteiger partial charge in [0, 0.05) is 32.6 Å². The van der Waals surface area contributed by atoms with Crippen molar-refractivity contribution in [3.8, 4) is 17.1 Å². The Morgan fingerprint density at radius 3 is 2.27 bits per heavy atom. The van der Waals surface area contributed by atoms with E-state index in [4.69, 9.17) is 22.3 Å². The average Bonchev–Trinajstić information content (AvgIpc) is 3.19. The Morgan fingerprint density at radius 1 is 1.10 bits per heavy atom. The third-order valence-corrected chi connectivity index (χ3v) is 8.03. The van der Waals surface area contributed by atoms with E-state index in [1.165, 1.54) is 4.31 Å². The monoisotopic (exact) mass is 603 g/mol. The second-order valence-corrected chi connectivity index (χ2v) is 11.6. The van der Waals surface area contributed by atoms with Gasteiger partial charge in [-0.1, -0.05) is 13.8 Å². The molecule has 15 nitrogen and oxygen atoms in total. The van der Waals surface area contributed by atoms with Crippen LogP contribution in [0, 0.1) is 6.92 Å². The minimum atomic E-state index is -4.92. The van der Waals surface area contributed by atoms with Crippen LogP contribution in [0.4, 0.5) is 0 Å². The number of sulfonamides is 1. The van der Waals surface area contributed by atoms with E-state index in [1.807, 2.05) is 13.8 Å². The highest BCUT2D eigenvalue weighted by molar-refractivity contribution is 7.89. The Balaban J connectivity index is 0.000000858. The number of nitrogens with one attached hydrogen (secondary N) is 1. The zero-order chi connectivity index (χ0) is 29.0. The molecule has 1 aliphatic rings. The lowest BCUT2D eigenvalue weighted by molar-refractivity contribution is 0.196. The maximum atomic E-state index is 13.4. The van der Waals surface area contributed by atoms with Crippen LogP contribution in [-0.2, 0) is 26.8 Å². The number of hydrogen-bond donors (Lipinski definition) is 3. The Hall–Kier alpha value is -2.93. The number of rotatable bonds is 8. The van der Waals surface area contributed by atoms with Gasteiger partial charge in [0.25, 0.3) is 5.56 Å². The first kappa shape index (κ1) is 33.3. The molecule has 0 saturated carbocycles. The molecule has 0 amide bonds. The highest BCUT2D eigenvalue weighted by Gasteiger charge is 2.29. The van der Waals surface area contributed by atoms with Gasteiger partial charge in [0.1, 0.15) is 11.6 Å². The summed E-state index contributed by atoms with van der Waals surface area (Å²) in [5.74, 6) is 1.38. The van der Waals surface area contributed by atoms with Crippen molar-refractivity contribution in [2.45, 2.75) is 45.4 Å². The molecule has 40 heavy (non-hydrogen) atoms. The van der Waals surface area contributed by atoms with Gasteiger partial charge in [-0.25, -0.2) is 26.3 Å². The van der Waals surface area contributed by atoms with Crippen molar-refractivity contribution in [1.29, 1.82) is 0 Å². The van der Waals surface area contributed by atoms with Crippen molar-refractivity contribution in [3.63, 3.8) is 0 Å². The van der Waals surface area contributed by atoms with Crippen LogP contribution in [0.15, 0.2) is 27.9 Å². The van der Waals surface area contributed by atoms with Crippen molar-refractivity contribution >= 4 is 25.9 Å². The highest BCUT2D eigenvalue weighted by atomic mass is 32.3. The first-order valence-corrected chi connectivity index (χ1v) is 15.3. The van der Waals surface area contributed by atoms with Crippen LogP contribution in [0.3, 0.4) is 0 Å². The number of H-pyrrole nitrogens is 1. The maximum Gasteiger partial charge on any atom is 0.277 e. The average molecular weight is 604 g/mol. The molecule has 4 rings (SSSR count). The van der Waals surface area contributed by atoms with Crippen molar-refractivity contribution in [1.82, 2.24) is 34.9 Å². The standard InChI is InChI=1S/C23H32N6O4S.H3N.H2O4S/c1-5-8-20-24-16(4)21-23(30)25-22(26-29(20)21)18-15-17(9-10-19(18)33-7-3)34(31,32)28-13-11-27(6-2)12-14-28;;1-5(2,3)4/h9-10,15H,5-8,11-14H2,1-4H3,(H,25,26,30);1H3;(H2,1,2,3,4). The molecule has 3 heterocycles. The Morgan fingerprint density at radius 2 is 1.73 bits per heavy atom. The van der Waals surface area contributed by atoms with Crippen LogP contribution in [0.5, 0.6) is 5.75 Å². The third-order valence-electron chi connectivity index (χ3n) is 6.14. The molecule has 1 aromatic carbocycles. The van der Waals surface area contributed by atoms with Gasteiger partial charge in [0.2, 0.25) is 20.4 Å². The summed E-state index contributed by atoms with van der Waals surface area (Å²) in [6.07, 6.45) is 1.52. The lowest BCUT2D eigenvalue weighted by Crippen LogP contribution is -2.48. The molecule has 0 aliphatic carbocycles. The summed E-state index contributed by atoms with van der Waals surface area (Å²) in [5, 5.41) is 4.65. The van der Waals surface area contributed by atoms with E-state index in [0.29, 0.717) is 67.6 Å². The van der Waals surface area contributed by atoms with Crippen LogP contribution in [0.2, 0.25) is 0 Å². The van der Waals surface area contributed by atoms with E-state index in [0.717, 1.165) is 13.0 Å². The van der Waals surface area contributed by atoms with E-state index in [1.54, 1.807) is 29.6 Å². The van der Waals surface area contributed by atoms with Gasteiger partial charge < -0.3 is 25.3 Å². The number of piperazine rings is 1. The third kappa shape index (κ3) is 7.84. The number of hydrogen-bond acceptors (Lipinski definition) is 10. The summed E-state index contributed by atoms with van der Waals surface area (Å²) in [4.78, 5) is 22.6. The Kier molecular flexibility index (Phi) is 11.3. The van der Waals surface area contributed by atoms with Crippen molar-refractivity contribution in [2.24, 2.45) is 0 Å². The molecule has 0 radical (unpaired) electrons. The number of likely N-dealkylation sites (N-methyl/N-ethyl adjacent to an activating group) is 1. The molecule has 6 N–H and O–H groups in total. The molecule has 224 valence electrons. The zero-order valence-corrected chi connectivity index (χ0v) is 24.9. The summed E-state index contributed by atoms with van der Waals surface area (Å²) < 4.78 is 68.5. The fraction of sp³-hybridized carbons (Fsp3) is 0.522. The highest BCUT2D eigenvalue weighted by Crippen LogP contribution is 2.31. The van der Waals surface area contributed by atoms with Crippen LogP contribution < -0.4 is 16.4 Å². The van der Waals surface area contributed by atoms with Crippen molar-refractivity contribution < 1.29 is 30.7 Å². The summed E-state index contributed by atoms with van der Waals surface area (Å²) in [7, 11) is -8.63. The summed E-state index contributed by atoms with van der Waals surface area (Å²) in [5.41, 5.74) is 1.09. The number of imidazole rings is 1. The molecule has 1 aliphatic heterocycles. The van der Waals surface area contributed by atoms with Gasteiger partial charge >= 0.3 is 0 Å². The number of ether oxygens (including phenoxy) is 1. The minimum Gasteiger partial charge on any atom is -0.726 e. The molecule has 17 heteroatoms. The van der Waals surface area contributed by atoms with Gasteiger partial charge in [0.15, 0.2) is 11.3 Å². The number of aromatic nitrogens is 4. The minimum absolute atomic E-state index is 0. The van der Waals surface area contributed by atoms with Gasteiger partial charge in [-0.05, 0) is 45.0 Å². The fourth-order valence-corrected chi connectivity index (χ4v) is 5.76. The van der Waals surface area contributed by atoms with Crippen LogP contribution in [0.1, 0.15) is 38.7 Å². The number of aromatic amines is 1. The summed E-state index contributed by atoms with van der Waals surface area (Å²) >= 11 is 0. The number of fused-ring (bicyclic) bond motifs is 1. The van der Waals surface area contributed by atoms with Gasteiger partial charge in [-0.2, -0.15) is 4.31 Å². The Bertz CT molecular complexity index is 1570. The second-order valence-electron chi connectivity index (χ2n) is 8.78. The molecule has 2 aromatic heterocycles. The summed E-state index contributed by atoms with van der Waals surface area (Å²) in [6, 6.07) is 4.72. The molecule has 3 aromatic rings. The van der Waals surface area contributed by atoms with Gasteiger partial charge in [-0.15, -0.1) is 5.10 Å². The SMILES string of the molecule is CCCc1nc(C)c2c(=O)[nH]c(-c3cc(S(=O)(=O)N4CCN(CC)CC4)ccc3OCC)nn12.O=S(=O)([O-])O.[NH4+]. The van der Waals surface area contributed by atoms with Gasteiger partial charge in [0.05, 0.1) is 22.8 Å². The molecule has 1 saturated heterocycles. The van der Waals surface area contributed by atoms with E-state index >= 15 is 0 Å². The van der Waals surface area contributed by atoms with Crippen LogP contribution in [-0.4, -0.2) is 94.1 Å². The molecule has 0 spiro atoms. The normalized spacial score (nSPS) is 14.8. The predicted octanol–water partition coefficient (Wildman–Crippen LogP) is 1.45. The van der Waals surface area contributed by atoms with E-state index in [2.05, 4.69) is 26.9 Å². The molecule has 1 fully saturated rings. The first-order chi connectivity index (χ1) is 18.3. The van der Waals surface area contributed by atoms with Crippen LogP contribution >= 0.6 is 0 Å². The van der Waals surface area contributed by atoms with Crippen molar-refractivity contribution in [2.75, 3.05) is 39.3 Å². The van der Waals surface area contributed by atoms with E-state index in [9.17, 15) is 13.2 Å². The topological polar surface area (TPSA) is 227 Å². The largest absolute Gasteiger partial charge is 0.726 e. The number of benzene rings is 1. The number of aryl methyl sites for hydroxylation is 2.